The Bertz CT molecular complexity index is 600. The number of hydrogen-bond acceptors (Lipinski definition) is 7. The average molecular weight is 325 g/mol. The van der Waals surface area contributed by atoms with E-state index >= 15 is 0 Å². The van der Waals surface area contributed by atoms with Gasteiger partial charge in [-0.3, -0.25) is 9.59 Å². The van der Waals surface area contributed by atoms with Crippen molar-refractivity contribution in [3.8, 4) is 0 Å². The van der Waals surface area contributed by atoms with Crippen LogP contribution in [0, 0.1) is 0 Å². The zero-order chi connectivity index (χ0) is 16.8. The Kier molecular flexibility index (Phi) is 3.89. The van der Waals surface area contributed by atoms with E-state index in [9.17, 15) is 19.8 Å². The molecule has 0 bridgehead atoms. The molecule has 2 N–H and O–H groups in total. The van der Waals surface area contributed by atoms with Crippen LogP contribution < -0.4 is 0 Å². The summed E-state index contributed by atoms with van der Waals surface area (Å²) in [6.07, 6.45) is -2.03. The second-order valence-electron chi connectivity index (χ2n) is 6.23. The largest absolute Gasteiger partial charge is 0.388 e. The molecule has 1 aromatic heterocycles. The molecule has 0 spiro atoms. The minimum Gasteiger partial charge on any atom is -0.388 e. The van der Waals surface area contributed by atoms with Gasteiger partial charge in [-0.25, -0.2) is 0 Å². The van der Waals surface area contributed by atoms with Crippen molar-refractivity contribution in [2.45, 2.75) is 50.3 Å². The maximum Gasteiger partial charge on any atom is 0.218 e. The second kappa shape index (κ2) is 5.50. The standard InChI is InChI=1S/C15H19NO7/c1-14(2)22-13-12(20)11(19)7-21-15(13,23-14)8-16-9(5-17)3-4-10(16)6-18/h3-6,11-13,19-20H,7-8H2,1-2H3/t11-,12-,13+,15+/m1/s1. The molecule has 2 saturated heterocycles. The van der Waals surface area contributed by atoms with Crippen molar-refractivity contribution < 1.29 is 34.0 Å². The number of aldehydes is 2. The molecule has 3 heterocycles. The number of carbonyl (C=O) groups is 2. The van der Waals surface area contributed by atoms with E-state index in [4.69, 9.17) is 14.2 Å². The quantitative estimate of drug-likeness (QED) is 0.733. The average Bonchev–Trinajstić information content (AvgIpc) is 3.01. The Morgan fingerprint density at radius 2 is 1.87 bits per heavy atom. The molecule has 0 aliphatic carbocycles. The second-order valence-corrected chi connectivity index (χ2v) is 6.23. The predicted molar refractivity (Wildman–Crippen MR) is 75.9 cm³/mol. The number of hydrogen-bond donors (Lipinski definition) is 2. The van der Waals surface area contributed by atoms with Crippen LogP contribution in [0.25, 0.3) is 0 Å². The van der Waals surface area contributed by atoms with Gasteiger partial charge in [-0.2, -0.15) is 0 Å². The minimum atomic E-state index is -1.41. The fourth-order valence-electron chi connectivity index (χ4n) is 3.14. The lowest BCUT2D eigenvalue weighted by molar-refractivity contribution is -0.297. The Labute approximate surface area is 132 Å². The first-order valence-electron chi connectivity index (χ1n) is 7.30. The van der Waals surface area contributed by atoms with Gasteiger partial charge in [-0.15, -0.1) is 0 Å². The molecule has 1 aromatic rings. The minimum absolute atomic E-state index is 0.0278. The summed E-state index contributed by atoms with van der Waals surface area (Å²) >= 11 is 0. The summed E-state index contributed by atoms with van der Waals surface area (Å²) < 4.78 is 18.7. The molecule has 0 aromatic carbocycles. The van der Waals surface area contributed by atoms with Crippen molar-refractivity contribution in [3.63, 3.8) is 0 Å². The number of aromatic nitrogens is 1. The monoisotopic (exact) mass is 325 g/mol. The third-order valence-corrected chi connectivity index (χ3v) is 4.13. The molecule has 0 saturated carbocycles. The normalized spacial score (nSPS) is 35.7. The summed E-state index contributed by atoms with van der Waals surface area (Å²) in [5.41, 5.74) is 0.551. The fraction of sp³-hybridized carbons (Fsp3) is 0.600. The van der Waals surface area contributed by atoms with Crippen LogP contribution in [-0.4, -0.2) is 63.8 Å². The van der Waals surface area contributed by atoms with Gasteiger partial charge in [-0.1, -0.05) is 0 Å². The molecule has 8 nitrogen and oxygen atoms in total. The lowest BCUT2D eigenvalue weighted by Gasteiger charge is -2.41. The number of rotatable bonds is 4. The van der Waals surface area contributed by atoms with Crippen molar-refractivity contribution in [2.24, 2.45) is 0 Å². The van der Waals surface area contributed by atoms with Gasteiger partial charge in [0.25, 0.3) is 0 Å². The van der Waals surface area contributed by atoms with Crippen molar-refractivity contribution >= 4 is 12.6 Å². The van der Waals surface area contributed by atoms with Gasteiger partial charge in [0.15, 0.2) is 18.4 Å². The van der Waals surface area contributed by atoms with Crippen LogP contribution in [0.2, 0.25) is 0 Å². The van der Waals surface area contributed by atoms with Crippen LogP contribution in [0.4, 0.5) is 0 Å². The Morgan fingerprint density at radius 3 is 2.43 bits per heavy atom. The lowest BCUT2D eigenvalue weighted by atomic mass is 9.96. The number of fused-ring (bicyclic) bond motifs is 1. The van der Waals surface area contributed by atoms with Gasteiger partial charge in [0.1, 0.15) is 18.3 Å². The highest BCUT2D eigenvalue weighted by Gasteiger charge is 2.61. The summed E-state index contributed by atoms with van der Waals surface area (Å²) in [4.78, 5) is 22.4. The summed E-state index contributed by atoms with van der Waals surface area (Å²) in [6, 6.07) is 3.02. The summed E-state index contributed by atoms with van der Waals surface area (Å²) in [5.74, 6) is -2.46. The van der Waals surface area contributed by atoms with Crippen LogP contribution in [0.3, 0.4) is 0 Å². The number of ether oxygens (including phenoxy) is 3. The van der Waals surface area contributed by atoms with Gasteiger partial charge < -0.3 is 29.0 Å². The molecule has 2 fully saturated rings. The van der Waals surface area contributed by atoms with E-state index in [-0.39, 0.29) is 24.5 Å². The molecule has 2 aliphatic rings. The van der Waals surface area contributed by atoms with E-state index in [2.05, 4.69) is 0 Å². The van der Waals surface area contributed by atoms with Gasteiger partial charge in [-0.05, 0) is 26.0 Å². The van der Waals surface area contributed by atoms with E-state index in [1.54, 1.807) is 13.8 Å². The molecule has 8 heteroatoms. The van der Waals surface area contributed by atoms with Gasteiger partial charge in [0.05, 0.1) is 24.5 Å². The van der Waals surface area contributed by atoms with Crippen molar-refractivity contribution in [2.75, 3.05) is 6.61 Å². The Balaban J connectivity index is 2.00. The molecule has 3 rings (SSSR count). The zero-order valence-corrected chi connectivity index (χ0v) is 12.8. The SMILES string of the molecule is CC1(C)O[C@H]2[C@H](O)[C@H](O)CO[C@@]2(Cn2c(C=O)ccc2C=O)O1. The van der Waals surface area contributed by atoms with Crippen LogP contribution >= 0.6 is 0 Å². The predicted octanol–water partition coefficient (Wildman–Crippen LogP) is -0.287. The maximum atomic E-state index is 11.2. The number of aliphatic hydroxyl groups is 2. The number of nitrogens with zero attached hydrogens (tertiary/aromatic N) is 1. The molecule has 23 heavy (non-hydrogen) atoms. The third-order valence-electron chi connectivity index (χ3n) is 4.13. The molecule has 0 unspecified atom stereocenters. The van der Waals surface area contributed by atoms with Gasteiger partial charge in [0.2, 0.25) is 5.79 Å². The number of carbonyl (C=O) groups excluding carboxylic acids is 2. The highest BCUT2D eigenvalue weighted by molar-refractivity contribution is 5.79. The molecule has 126 valence electrons. The van der Waals surface area contributed by atoms with E-state index in [0.717, 1.165) is 0 Å². The van der Waals surface area contributed by atoms with Crippen LogP contribution in [-0.2, 0) is 20.8 Å². The van der Waals surface area contributed by atoms with E-state index in [0.29, 0.717) is 12.6 Å². The molecule has 0 radical (unpaired) electrons. The van der Waals surface area contributed by atoms with Crippen molar-refractivity contribution in [3.05, 3.63) is 23.5 Å². The molecular weight excluding hydrogens is 306 g/mol. The number of aliphatic hydroxyl groups excluding tert-OH is 2. The fourth-order valence-corrected chi connectivity index (χ4v) is 3.14. The smallest absolute Gasteiger partial charge is 0.218 e. The summed E-state index contributed by atoms with van der Waals surface area (Å²) in [7, 11) is 0. The topological polar surface area (TPSA) is 107 Å². The van der Waals surface area contributed by atoms with Gasteiger partial charge >= 0.3 is 0 Å². The highest BCUT2D eigenvalue weighted by atomic mass is 16.8. The highest BCUT2D eigenvalue weighted by Crippen LogP contribution is 2.43. The van der Waals surface area contributed by atoms with Crippen molar-refractivity contribution in [1.29, 1.82) is 0 Å². The zero-order valence-electron chi connectivity index (χ0n) is 12.8. The molecule has 2 aliphatic heterocycles. The first-order valence-corrected chi connectivity index (χ1v) is 7.30. The lowest BCUT2D eigenvalue weighted by Crippen LogP contribution is -2.61. The summed E-state index contributed by atoms with van der Waals surface area (Å²) in [5, 5.41) is 20.1. The van der Waals surface area contributed by atoms with Crippen LogP contribution in [0.5, 0.6) is 0 Å². The first kappa shape index (κ1) is 16.3. The van der Waals surface area contributed by atoms with E-state index < -0.39 is 29.9 Å². The van der Waals surface area contributed by atoms with E-state index in [1.807, 2.05) is 0 Å². The molecule has 4 atom stereocenters. The van der Waals surface area contributed by atoms with Gasteiger partial charge in [0, 0.05) is 0 Å². The third kappa shape index (κ3) is 2.62. The maximum absolute atomic E-state index is 11.2. The molecular formula is C15H19NO7. The summed E-state index contributed by atoms with van der Waals surface area (Å²) in [6.45, 7) is 3.14. The van der Waals surface area contributed by atoms with E-state index in [1.165, 1.54) is 16.7 Å². The Morgan fingerprint density at radius 1 is 1.26 bits per heavy atom. The van der Waals surface area contributed by atoms with Crippen molar-refractivity contribution in [1.82, 2.24) is 4.57 Å². The first-order chi connectivity index (χ1) is 10.8. The van der Waals surface area contributed by atoms with Crippen LogP contribution in [0.15, 0.2) is 12.1 Å². The van der Waals surface area contributed by atoms with Crippen LogP contribution in [0.1, 0.15) is 34.8 Å². The molecule has 0 amide bonds. The Hall–Kier alpha value is -1.58.